The second-order valence-corrected chi connectivity index (χ2v) is 6.86. The number of thiocarbonyl (C=S) groups is 1. The van der Waals surface area contributed by atoms with Crippen molar-refractivity contribution in [2.75, 3.05) is 0 Å². The average Bonchev–Trinajstić information content (AvgIpc) is 2.68. The topological polar surface area (TPSA) is 52.3 Å². The van der Waals surface area contributed by atoms with Gasteiger partial charge in [-0.3, -0.25) is 4.79 Å². The molecule has 0 saturated carbocycles. The monoisotopic (exact) mass is 381 g/mol. The first-order chi connectivity index (χ1) is 13.0. The van der Waals surface area contributed by atoms with Crippen LogP contribution < -0.4 is 5.73 Å². The van der Waals surface area contributed by atoms with Gasteiger partial charge in [0.05, 0.1) is 5.92 Å². The Balaban J connectivity index is 1.68. The quantitative estimate of drug-likeness (QED) is 0.603. The molecule has 0 heterocycles. The summed E-state index contributed by atoms with van der Waals surface area (Å²) in [5.74, 6) is -1.33. The normalized spacial score (nSPS) is 17.1. The predicted octanol–water partition coefficient (Wildman–Crippen LogP) is 4.68. The van der Waals surface area contributed by atoms with Crippen molar-refractivity contribution >= 4 is 23.2 Å². The average molecular weight is 381 g/mol. The van der Waals surface area contributed by atoms with Crippen LogP contribution in [0.3, 0.4) is 0 Å². The van der Waals surface area contributed by atoms with Gasteiger partial charge >= 0.3 is 5.97 Å². The Morgan fingerprint density at radius 3 is 2.59 bits per heavy atom. The molecule has 138 valence electrons. The van der Waals surface area contributed by atoms with Crippen LogP contribution in [0, 0.1) is 5.82 Å². The van der Waals surface area contributed by atoms with E-state index in [1.807, 2.05) is 36.4 Å². The summed E-state index contributed by atoms with van der Waals surface area (Å²) in [5.41, 5.74) is 8.22. The van der Waals surface area contributed by atoms with E-state index in [1.165, 1.54) is 6.07 Å². The van der Waals surface area contributed by atoms with Crippen LogP contribution in [0.25, 0.3) is 11.1 Å². The molecule has 0 fully saturated rings. The predicted molar refractivity (Wildman–Crippen MR) is 109 cm³/mol. The lowest BCUT2D eigenvalue weighted by atomic mass is 9.97. The molecule has 2 unspecified atom stereocenters. The van der Waals surface area contributed by atoms with Gasteiger partial charge in [-0.15, -0.1) is 0 Å². The number of benzene rings is 2. The molecule has 0 bridgehead atoms. The van der Waals surface area contributed by atoms with Crippen molar-refractivity contribution in [2.45, 2.75) is 25.4 Å². The number of halogens is 1. The Bertz CT molecular complexity index is 921. The van der Waals surface area contributed by atoms with E-state index in [4.69, 9.17) is 22.7 Å². The van der Waals surface area contributed by atoms with Crippen molar-refractivity contribution in [3.8, 4) is 11.1 Å². The van der Waals surface area contributed by atoms with Gasteiger partial charge in [-0.2, -0.15) is 0 Å². The molecule has 0 saturated heterocycles. The molecule has 27 heavy (non-hydrogen) atoms. The van der Waals surface area contributed by atoms with Gasteiger partial charge in [0.2, 0.25) is 0 Å². The van der Waals surface area contributed by atoms with E-state index in [9.17, 15) is 9.18 Å². The van der Waals surface area contributed by atoms with E-state index in [0.717, 1.165) is 11.1 Å². The molecule has 2 atom stereocenters. The Morgan fingerprint density at radius 1 is 1.26 bits per heavy atom. The number of carbonyl (C=O) groups is 1. The number of esters is 1. The number of hydrogen-bond donors (Lipinski definition) is 1. The summed E-state index contributed by atoms with van der Waals surface area (Å²) >= 11 is 4.92. The zero-order valence-electron chi connectivity index (χ0n) is 14.9. The fourth-order valence-corrected chi connectivity index (χ4v) is 3.06. The van der Waals surface area contributed by atoms with Crippen LogP contribution in [-0.2, 0) is 9.53 Å². The highest BCUT2D eigenvalue weighted by atomic mass is 32.1. The van der Waals surface area contributed by atoms with Crippen molar-refractivity contribution in [1.29, 1.82) is 0 Å². The second kappa shape index (κ2) is 8.27. The Morgan fingerprint density at radius 2 is 2.00 bits per heavy atom. The third-order valence-corrected chi connectivity index (χ3v) is 4.78. The van der Waals surface area contributed by atoms with Gasteiger partial charge in [-0.25, -0.2) is 4.39 Å². The second-order valence-electron chi connectivity index (χ2n) is 6.42. The molecule has 0 amide bonds. The minimum Gasteiger partial charge on any atom is -0.457 e. The van der Waals surface area contributed by atoms with Crippen LogP contribution in [0.2, 0.25) is 0 Å². The lowest BCUT2D eigenvalue weighted by molar-refractivity contribution is -0.148. The van der Waals surface area contributed by atoms with E-state index in [0.29, 0.717) is 22.5 Å². The molecule has 0 spiro atoms. The molecule has 1 aliphatic rings. The molecular weight excluding hydrogens is 361 g/mol. The largest absolute Gasteiger partial charge is 0.457 e. The van der Waals surface area contributed by atoms with Crippen molar-refractivity contribution in [3.63, 3.8) is 0 Å². The minimum atomic E-state index is -0.571. The Kier molecular flexibility index (Phi) is 5.81. The molecule has 5 heteroatoms. The van der Waals surface area contributed by atoms with E-state index in [1.54, 1.807) is 31.2 Å². The summed E-state index contributed by atoms with van der Waals surface area (Å²) in [6.07, 6.45) is 5.51. The van der Waals surface area contributed by atoms with E-state index >= 15 is 0 Å². The molecule has 2 aromatic rings. The first-order valence-electron chi connectivity index (χ1n) is 8.69. The van der Waals surface area contributed by atoms with Gasteiger partial charge in [-0.1, -0.05) is 66.8 Å². The lowest BCUT2D eigenvalue weighted by Gasteiger charge is -2.19. The van der Waals surface area contributed by atoms with Crippen LogP contribution >= 0.6 is 12.2 Å². The van der Waals surface area contributed by atoms with Gasteiger partial charge in [0, 0.05) is 17.6 Å². The minimum absolute atomic E-state index is 0.318. The highest BCUT2D eigenvalue weighted by Gasteiger charge is 2.22. The fraction of sp³-hybridized carbons (Fsp3) is 0.182. The van der Waals surface area contributed by atoms with E-state index < -0.39 is 11.9 Å². The number of hydrogen-bond acceptors (Lipinski definition) is 3. The van der Waals surface area contributed by atoms with Crippen LogP contribution in [0.5, 0.6) is 0 Å². The SMILES string of the molecule is CC(C(=O)OC1C=CC(C(N)=S)=CC1)c1ccc(-c2ccccc2)c(F)c1. The van der Waals surface area contributed by atoms with Gasteiger partial charge in [0.1, 0.15) is 16.9 Å². The van der Waals surface area contributed by atoms with Gasteiger partial charge < -0.3 is 10.5 Å². The number of carbonyl (C=O) groups excluding carboxylic acids is 1. The van der Waals surface area contributed by atoms with Crippen molar-refractivity contribution in [3.05, 3.63) is 83.7 Å². The van der Waals surface area contributed by atoms with Crippen molar-refractivity contribution in [1.82, 2.24) is 0 Å². The van der Waals surface area contributed by atoms with Gasteiger partial charge in [0.25, 0.3) is 0 Å². The lowest BCUT2D eigenvalue weighted by Crippen LogP contribution is -2.22. The summed E-state index contributed by atoms with van der Waals surface area (Å²) in [6.45, 7) is 1.71. The molecular formula is C22H20FNO2S. The van der Waals surface area contributed by atoms with Crippen molar-refractivity contribution in [2.24, 2.45) is 5.73 Å². The summed E-state index contributed by atoms with van der Waals surface area (Å²) in [7, 11) is 0. The van der Waals surface area contributed by atoms with Crippen LogP contribution in [-0.4, -0.2) is 17.1 Å². The summed E-state index contributed by atoms with van der Waals surface area (Å²) < 4.78 is 20.1. The molecule has 3 nitrogen and oxygen atoms in total. The van der Waals surface area contributed by atoms with Crippen LogP contribution in [0.1, 0.15) is 24.8 Å². The van der Waals surface area contributed by atoms with Gasteiger partial charge in [-0.05, 0) is 30.2 Å². The number of rotatable bonds is 5. The zero-order valence-corrected chi connectivity index (χ0v) is 15.7. The molecule has 0 aromatic heterocycles. The van der Waals surface area contributed by atoms with Crippen LogP contribution in [0.4, 0.5) is 4.39 Å². The van der Waals surface area contributed by atoms with Gasteiger partial charge in [0.15, 0.2) is 0 Å². The maximum atomic E-state index is 14.5. The summed E-state index contributed by atoms with van der Waals surface area (Å²) in [4.78, 5) is 12.8. The molecule has 2 N–H and O–H groups in total. The highest BCUT2D eigenvalue weighted by molar-refractivity contribution is 7.80. The first-order valence-corrected chi connectivity index (χ1v) is 9.10. The third kappa shape index (κ3) is 4.49. The summed E-state index contributed by atoms with van der Waals surface area (Å²) in [5, 5.41) is 0. The maximum Gasteiger partial charge on any atom is 0.313 e. The van der Waals surface area contributed by atoms with Crippen LogP contribution in [0.15, 0.2) is 72.3 Å². The van der Waals surface area contributed by atoms with E-state index in [-0.39, 0.29) is 11.9 Å². The maximum absolute atomic E-state index is 14.5. The third-order valence-electron chi connectivity index (χ3n) is 4.54. The Hall–Kier alpha value is -2.79. The summed E-state index contributed by atoms with van der Waals surface area (Å²) in [6, 6.07) is 14.2. The highest BCUT2D eigenvalue weighted by Crippen LogP contribution is 2.27. The number of nitrogens with two attached hydrogens (primary N) is 1. The standard InChI is InChI=1S/C22H20FNO2S/c1-14(22(25)26-18-10-7-16(8-11-18)21(24)27)17-9-12-19(20(23)13-17)15-5-3-2-4-6-15/h2-10,12-14,18H,11H2,1H3,(H2,24,27). The molecule has 2 aromatic carbocycles. The smallest absolute Gasteiger partial charge is 0.313 e. The molecule has 0 aliphatic heterocycles. The van der Waals surface area contributed by atoms with E-state index in [2.05, 4.69) is 0 Å². The first kappa shape index (κ1) is 19.0. The zero-order chi connectivity index (χ0) is 19.4. The Labute approximate surface area is 163 Å². The molecule has 0 radical (unpaired) electrons. The molecule has 3 rings (SSSR count). The molecule has 1 aliphatic carbocycles. The fourth-order valence-electron chi connectivity index (χ4n) is 2.91. The number of ether oxygens (including phenoxy) is 1. The van der Waals surface area contributed by atoms with Crippen molar-refractivity contribution < 1.29 is 13.9 Å².